The van der Waals surface area contributed by atoms with E-state index in [-0.39, 0.29) is 12.6 Å². The molecule has 0 saturated carbocycles. The number of likely N-dealkylation sites (tertiary alicyclic amines) is 2. The van der Waals surface area contributed by atoms with Crippen molar-refractivity contribution in [3.8, 4) is 0 Å². The number of piperazine rings is 1. The minimum atomic E-state index is -2.70. The summed E-state index contributed by atoms with van der Waals surface area (Å²) in [7, 11) is 0. The number of benzene rings is 1. The van der Waals surface area contributed by atoms with Gasteiger partial charge in [0.2, 0.25) is 0 Å². The van der Waals surface area contributed by atoms with E-state index in [0.29, 0.717) is 51.7 Å². The number of hydrogen-bond donors (Lipinski definition) is 0. The maximum atomic E-state index is 15.0. The summed E-state index contributed by atoms with van der Waals surface area (Å²) in [6.45, 7) is 10.9. The van der Waals surface area contributed by atoms with Gasteiger partial charge in [-0.15, -0.1) is 0 Å². The van der Waals surface area contributed by atoms with Crippen LogP contribution in [0.5, 0.6) is 0 Å². The Hall–Kier alpha value is -1.77. The smallest absolute Gasteiger partial charge is 0.410 e. The van der Waals surface area contributed by atoms with Crippen LogP contribution in [0.15, 0.2) is 30.3 Å². The zero-order chi connectivity index (χ0) is 22.9. The van der Waals surface area contributed by atoms with Gasteiger partial charge in [-0.25, -0.2) is 13.6 Å². The van der Waals surface area contributed by atoms with Crippen molar-refractivity contribution >= 4 is 6.09 Å². The molecule has 32 heavy (non-hydrogen) atoms. The van der Waals surface area contributed by atoms with Crippen LogP contribution < -0.4 is 0 Å². The molecule has 3 heterocycles. The summed E-state index contributed by atoms with van der Waals surface area (Å²) in [6, 6.07) is 9.46. The average Bonchev–Trinajstić information content (AvgIpc) is 2.68. The second-order valence-corrected chi connectivity index (χ2v) is 10.4. The van der Waals surface area contributed by atoms with Crippen LogP contribution >= 0.6 is 0 Å². The molecule has 3 aliphatic rings. The standard InChI is InChI=1S/C24H36F2N4O2/c1-23(2,3)32-22(31)29-13-11-28(12-14-29)20-16-30(17-20)21-9-10-27(18-24(21,25)26)15-19-7-5-4-6-8-19/h4-8,20-21H,9-18H2,1-3H3. The number of carbonyl (C=O) groups excluding carboxylic acids is 1. The summed E-state index contributed by atoms with van der Waals surface area (Å²) in [5, 5.41) is 0. The van der Waals surface area contributed by atoms with Crippen LogP contribution in [0.1, 0.15) is 32.8 Å². The van der Waals surface area contributed by atoms with Gasteiger partial charge < -0.3 is 9.64 Å². The fourth-order valence-corrected chi connectivity index (χ4v) is 4.99. The first kappa shape index (κ1) is 23.4. The number of carbonyl (C=O) groups is 1. The molecule has 0 spiro atoms. The molecule has 8 heteroatoms. The van der Waals surface area contributed by atoms with Crippen molar-refractivity contribution < 1.29 is 18.3 Å². The number of hydrogen-bond acceptors (Lipinski definition) is 5. The van der Waals surface area contributed by atoms with E-state index in [0.717, 1.165) is 18.7 Å². The lowest BCUT2D eigenvalue weighted by Gasteiger charge is -2.53. The molecule has 0 radical (unpaired) electrons. The molecule has 1 aromatic rings. The van der Waals surface area contributed by atoms with Crippen molar-refractivity contribution in [2.75, 3.05) is 52.4 Å². The molecule has 0 aromatic heterocycles. The van der Waals surface area contributed by atoms with E-state index in [2.05, 4.69) is 4.90 Å². The highest BCUT2D eigenvalue weighted by Crippen LogP contribution is 2.35. The molecule has 3 aliphatic heterocycles. The quantitative estimate of drug-likeness (QED) is 0.705. The number of nitrogens with zero attached hydrogens (tertiary/aromatic N) is 4. The molecule has 1 atom stereocenters. The molecule has 0 N–H and O–H groups in total. The van der Waals surface area contributed by atoms with Crippen molar-refractivity contribution in [1.82, 2.24) is 19.6 Å². The number of ether oxygens (including phenoxy) is 1. The Morgan fingerprint density at radius 1 is 1.03 bits per heavy atom. The largest absolute Gasteiger partial charge is 0.444 e. The second-order valence-electron chi connectivity index (χ2n) is 10.4. The zero-order valence-electron chi connectivity index (χ0n) is 19.5. The molecule has 1 amide bonds. The van der Waals surface area contributed by atoms with E-state index in [1.165, 1.54) is 0 Å². The highest BCUT2D eigenvalue weighted by Gasteiger charge is 2.51. The van der Waals surface area contributed by atoms with Crippen LogP contribution in [0.2, 0.25) is 0 Å². The van der Waals surface area contributed by atoms with Crippen molar-refractivity contribution in [1.29, 1.82) is 0 Å². The molecule has 6 nitrogen and oxygen atoms in total. The average molecular weight is 451 g/mol. The summed E-state index contributed by atoms with van der Waals surface area (Å²) in [5.41, 5.74) is 0.584. The predicted molar refractivity (Wildman–Crippen MR) is 120 cm³/mol. The van der Waals surface area contributed by atoms with Gasteiger partial charge in [0, 0.05) is 58.4 Å². The molecule has 1 unspecified atom stereocenters. The summed E-state index contributed by atoms with van der Waals surface area (Å²) >= 11 is 0. The Bertz CT molecular complexity index is 772. The molecule has 0 bridgehead atoms. The molecule has 0 aliphatic carbocycles. The van der Waals surface area contributed by atoms with E-state index >= 15 is 0 Å². The van der Waals surface area contributed by atoms with Crippen LogP contribution in [0.25, 0.3) is 0 Å². The molecule has 1 aromatic carbocycles. The van der Waals surface area contributed by atoms with Crippen LogP contribution in [0.3, 0.4) is 0 Å². The Morgan fingerprint density at radius 2 is 1.69 bits per heavy atom. The van der Waals surface area contributed by atoms with Gasteiger partial charge in [0.1, 0.15) is 5.60 Å². The van der Waals surface area contributed by atoms with Gasteiger partial charge in [-0.1, -0.05) is 30.3 Å². The highest BCUT2D eigenvalue weighted by atomic mass is 19.3. The Kier molecular flexibility index (Phi) is 6.75. The van der Waals surface area contributed by atoms with Gasteiger partial charge >= 0.3 is 6.09 Å². The van der Waals surface area contributed by atoms with Crippen LogP contribution in [-0.2, 0) is 11.3 Å². The molecular weight excluding hydrogens is 414 g/mol. The maximum Gasteiger partial charge on any atom is 0.410 e. The van der Waals surface area contributed by atoms with E-state index < -0.39 is 17.6 Å². The lowest BCUT2D eigenvalue weighted by Crippen LogP contribution is -2.69. The van der Waals surface area contributed by atoms with Crippen LogP contribution in [0, 0.1) is 0 Å². The third-order valence-electron chi connectivity index (χ3n) is 6.70. The normalized spacial score (nSPS) is 26.0. The van der Waals surface area contributed by atoms with E-state index in [1.807, 2.05) is 60.9 Å². The summed E-state index contributed by atoms with van der Waals surface area (Å²) in [6.07, 6.45) is 0.230. The summed E-state index contributed by atoms with van der Waals surface area (Å²) in [4.78, 5) is 20.2. The highest BCUT2D eigenvalue weighted by molar-refractivity contribution is 5.68. The third-order valence-corrected chi connectivity index (χ3v) is 6.70. The van der Waals surface area contributed by atoms with Gasteiger partial charge in [0.25, 0.3) is 5.92 Å². The van der Waals surface area contributed by atoms with Gasteiger partial charge in [0.05, 0.1) is 12.6 Å². The van der Waals surface area contributed by atoms with Crippen molar-refractivity contribution in [2.24, 2.45) is 0 Å². The minimum absolute atomic E-state index is 0.178. The number of alkyl halides is 2. The first-order valence-corrected chi connectivity index (χ1v) is 11.7. The minimum Gasteiger partial charge on any atom is -0.444 e. The van der Waals surface area contributed by atoms with Gasteiger partial charge in [-0.05, 0) is 32.8 Å². The fourth-order valence-electron chi connectivity index (χ4n) is 4.99. The van der Waals surface area contributed by atoms with Crippen molar-refractivity contribution in [3.05, 3.63) is 35.9 Å². The molecular formula is C24H36F2N4O2. The molecule has 178 valence electrons. The zero-order valence-corrected chi connectivity index (χ0v) is 19.5. The Labute approximate surface area is 190 Å². The van der Waals surface area contributed by atoms with Gasteiger partial charge in [-0.2, -0.15) is 0 Å². The third kappa shape index (κ3) is 5.58. The SMILES string of the molecule is CC(C)(C)OC(=O)N1CCN(C2CN(C3CCN(Cc4ccccc4)CC3(F)F)C2)CC1. The summed E-state index contributed by atoms with van der Waals surface area (Å²) in [5.74, 6) is -2.70. The number of halogens is 2. The lowest BCUT2D eigenvalue weighted by atomic mass is 9.93. The maximum absolute atomic E-state index is 15.0. The van der Waals surface area contributed by atoms with Crippen LogP contribution in [0.4, 0.5) is 13.6 Å². The monoisotopic (exact) mass is 450 g/mol. The second kappa shape index (κ2) is 9.23. The molecule has 4 rings (SSSR count). The lowest BCUT2D eigenvalue weighted by molar-refractivity contribution is -0.155. The van der Waals surface area contributed by atoms with Gasteiger partial charge in [-0.3, -0.25) is 14.7 Å². The van der Waals surface area contributed by atoms with Crippen molar-refractivity contribution in [3.63, 3.8) is 0 Å². The van der Waals surface area contributed by atoms with E-state index in [9.17, 15) is 13.6 Å². The van der Waals surface area contributed by atoms with Crippen LogP contribution in [-0.4, -0.2) is 102 Å². The first-order valence-electron chi connectivity index (χ1n) is 11.7. The number of amides is 1. The van der Waals surface area contributed by atoms with E-state index in [4.69, 9.17) is 4.74 Å². The fraction of sp³-hybridized carbons (Fsp3) is 0.708. The Morgan fingerprint density at radius 3 is 2.28 bits per heavy atom. The number of rotatable bonds is 4. The van der Waals surface area contributed by atoms with Crippen molar-refractivity contribution in [2.45, 2.75) is 57.3 Å². The number of piperidine rings is 1. The molecule has 3 fully saturated rings. The van der Waals surface area contributed by atoms with E-state index in [1.54, 1.807) is 4.90 Å². The Balaban J connectivity index is 1.21. The first-order chi connectivity index (χ1) is 15.1. The van der Waals surface area contributed by atoms with Gasteiger partial charge in [0.15, 0.2) is 0 Å². The summed E-state index contributed by atoms with van der Waals surface area (Å²) < 4.78 is 35.4. The predicted octanol–water partition coefficient (Wildman–Crippen LogP) is 3.13. The topological polar surface area (TPSA) is 39.3 Å². The molecule has 3 saturated heterocycles.